The number of benzene rings is 7. The van der Waals surface area contributed by atoms with Crippen LogP contribution in [0.4, 0.5) is 22.7 Å². The summed E-state index contributed by atoms with van der Waals surface area (Å²) in [7, 11) is 0. The van der Waals surface area contributed by atoms with Crippen LogP contribution in [-0.4, -0.2) is 6.04 Å². The van der Waals surface area contributed by atoms with E-state index in [9.17, 15) is 0 Å². The molecule has 0 spiro atoms. The number of nitrogens with zero attached hydrogens (tertiary/aromatic N) is 2. The van der Waals surface area contributed by atoms with E-state index in [-0.39, 0.29) is 6.04 Å². The van der Waals surface area contributed by atoms with Crippen molar-refractivity contribution in [3.63, 3.8) is 0 Å². The number of anilines is 4. The molecular formula is C50H40N2. The zero-order valence-corrected chi connectivity index (χ0v) is 29.1. The number of hydrogen-bond acceptors (Lipinski definition) is 2. The predicted octanol–water partition coefficient (Wildman–Crippen LogP) is 13.7. The molecular weight excluding hydrogens is 629 g/mol. The fourth-order valence-electron chi connectivity index (χ4n) is 8.03. The quantitative estimate of drug-likeness (QED) is 0.149. The number of allylic oxidation sites excluding steroid dienone is 6. The summed E-state index contributed by atoms with van der Waals surface area (Å²) in [5, 5.41) is 5.05. The van der Waals surface area contributed by atoms with E-state index >= 15 is 0 Å². The molecule has 7 aromatic rings. The third-order valence-electron chi connectivity index (χ3n) is 10.4. The lowest BCUT2D eigenvalue weighted by atomic mass is 9.86. The van der Waals surface area contributed by atoms with Gasteiger partial charge in [0.25, 0.3) is 0 Å². The van der Waals surface area contributed by atoms with Gasteiger partial charge in [0, 0.05) is 28.4 Å². The van der Waals surface area contributed by atoms with Gasteiger partial charge in [0.15, 0.2) is 0 Å². The van der Waals surface area contributed by atoms with Gasteiger partial charge in [-0.3, -0.25) is 0 Å². The fourth-order valence-corrected chi connectivity index (χ4v) is 8.03. The first-order valence-electron chi connectivity index (χ1n) is 18.4. The highest BCUT2D eigenvalue weighted by molar-refractivity contribution is 6.21. The second kappa shape index (κ2) is 14.1. The first kappa shape index (κ1) is 31.6. The van der Waals surface area contributed by atoms with Crippen molar-refractivity contribution < 1.29 is 0 Å². The maximum Gasteiger partial charge on any atom is 0.0559 e. The van der Waals surface area contributed by atoms with Crippen molar-refractivity contribution in [1.82, 2.24) is 0 Å². The lowest BCUT2D eigenvalue weighted by molar-refractivity contribution is 0.785. The number of rotatable bonds is 8. The molecule has 0 amide bonds. The molecule has 2 aliphatic carbocycles. The molecule has 2 heteroatoms. The molecule has 7 aromatic carbocycles. The Bertz CT molecular complexity index is 2410. The van der Waals surface area contributed by atoms with Gasteiger partial charge in [0.1, 0.15) is 0 Å². The van der Waals surface area contributed by atoms with Crippen LogP contribution in [0.25, 0.3) is 43.8 Å². The van der Waals surface area contributed by atoms with Crippen molar-refractivity contribution in [3.8, 4) is 22.3 Å². The second-order valence-electron chi connectivity index (χ2n) is 13.6. The van der Waals surface area contributed by atoms with E-state index in [0.29, 0.717) is 0 Å². The minimum Gasteiger partial charge on any atom is -0.334 e. The average molecular weight is 669 g/mol. The van der Waals surface area contributed by atoms with E-state index in [4.69, 9.17) is 0 Å². The van der Waals surface area contributed by atoms with Crippen LogP contribution in [0.2, 0.25) is 0 Å². The first-order chi connectivity index (χ1) is 25.8. The van der Waals surface area contributed by atoms with E-state index in [2.05, 4.69) is 210 Å². The molecule has 0 bridgehead atoms. The maximum absolute atomic E-state index is 2.45. The van der Waals surface area contributed by atoms with Gasteiger partial charge in [0.2, 0.25) is 0 Å². The third kappa shape index (κ3) is 5.93. The van der Waals surface area contributed by atoms with E-state index < -0.39 is 0 Å². The Hall–Kier alpha value is -6.38. The van der Waals surface area contributed by atoms with Crippen LogP contribution in [0.1, 0.15) is 19.3 Å². The molecule has 0 N–H and O–H groups in total. The van der Waals surface area contributed by atoms with Crippen LogP contribution in [-0.2, 0) is 0 Å². The van der Waals surface area contributed by atoms with Gasteiger partial charge in [-0.2, -0.15) is 0 Å². The molecule has 2 aliphatic rings. The lowest BCUT2D eigenvalue weighted by Crippen LogP contribution is -2.29. The molecule has 0 aromatic heterocycles. The van der Waals surface area contributed by atoms with Crippen LogP contribution in [0.15, 0.2) is 206 Å². The Balaban J connectivity index is 1.15. The zero-order chi connectivity index (χ0) is 34.7. The molecule has 52 heavy (non-hydrogen) atoms. The SMILES string of the molecule is C1=CCCC(N(c2ccccc2)c2ccc(-c3c4ccccc4c(-c4ccc(N(c5ccccc5)C5C=CC=CC5)cc4)c4ccccc34)cc2)=C1. The standard InChI is InChI=1S/C50H40N2/c1-5-17-39(18-6-1)51(40-19-7-2-8-20-40)43-33-29-37(30-34-43)49-45-25-13-15-27-47(45)50(48-28-16-14-26-46(48)49)38-31-35-44(36-32-38)52(41-21-9-3-10-22-41)42-23-11-4-12-24-42/h1-11,13-19,21-23,25-36,40H,12,20,24H2. The van der Waals surface area contributed by atoms with Crippen molar-refractivity contribution in [2.24, 2.45) is 0 Å². The Morgan fingerprint density at radius 2 is 0.904 bits per heavy atom. The van der Waals surface area contributed by atoms with E-state index in [1.807, 2.05) is 0 Å². The molecule has 250 valence electrons. The fraction of sp³-hybridized carbons (Fsp3) is 0.0800. The highest BCUT2D eigenvalue weighted by Gasteiger charge is 2.21. The molecule has 0 saturated carbocycles. The van der Waals surface area contributed by atoms with Crippen LogP contribution in [0, 0.1) is 0 Å². The average Bonchev–Trinajstić information content (AvgIpc) is 3.22. The van der Waals surface area contributed by atoms with Crippen molar-refractivity contribution >= 4 is 44.3 Å². The van der Waals surface area contributed by atoms with E-state index in [1.165, 1.54) is 72.2 Å². The largest absolute Gasteiger partial charge is 0.334 e. The summed E-state index contributed by atoms with van der Waals surface area (Å²) in [4.78, 5) is 4.85. The summed E-state index contributed by atoms with van der Waals surface area (Å²) in [6.07, 6.45) is 18.6. The van der Waals surface area contributed by atoms with Crippen molar-refractivity contribution in [2.45, 2.75) is 25.3 Å². The smallest absolute Gasteiger partial charge is 0.0559 e. The van der Waals surface area contributed by atoms with Crippen LogP contribution >= 0.6 is 0 Å². The van der Waals surface area contributed by atoms with Crippen molar-refractivity contribution in [3.05, 3.63) is 206 Å². The first-order valence-corrected chi connectivity index (χ1v) is 18.4. The predicted molar refractivity (Wildman–Crippen MR) is 223 cm³/mol. The van der Waals surface area contributed by atoms with Gasteiger partial charge in [-0.05, 0) is 118 Å². The summed E-state index contributed by atoms with van der Waals surface area (Å²) in [6, 6.07) is 58.0. The Kier molecular flexibility index (Phi) is 8.56. The minimum atomic E-state index is 0.265. The Morgan fingerprint density at radius 3 is 1.40 bits per heavy atom. The van der Waals surface area contributed by atoms with E-state index in [1.54, 1.807) is 0 Å². The lowest BCUT2D eigenvalue weighted by Gasteiger charge is -2.32. The van der Waals surface area contributed by atoms with Gasteiger partial charge < -0.3 is 9.80 Å². The molecule has 0 heterocycles. The molecule has 1 unspecified atom stereocenters. The normalized spacial score (nSPS) is 15.2. The summed E-state index contributed by atoms with van der Waals surface area (Å²) >= 11 is 0. The highest BCUT2D eigenvalue weighted by Crippen LogP contribution is 2.45. The molecule has 0 radical (unpaired) electrons. The van der Waals surface area contributed by atoms with Crippen LogP contribution < -0.4 is 9.80 Å². The summed E-state index contributed by atoms with van der Waals surface area (Å²) in [5.41, 5.74) is 11.0. The van der Waals surface area contributed by atoms with Gasteiger partial charge in [0.05, 0.1) is 6.04 Å². The molecule has 2 nitrogen and oxygen atoms in total. The molecule has 9 rings (SSSR count). The summed E-state index contributed by atoms with van der Waals surface area (Å²) in [5.74, 6) is 0. The minimum absolute atomic E-state index is 0.265. The zero-order valence-electron chi connectivity index (χ0n) is 29.1. The topological polar surface area (TPSA) is 6.48 Å². The molecule has 0 aliphatic heterocycles. The number of fused-ring (bicyclic) bond motifs is 2. The molecule has 0 fully saturated rings. The van der Waals surface area contributed by atoms with Gasteiger partial charge in [-0.1, -0.05) is 146 Å². The summed E-state index contributed by atoms with van der Waals surface area (Å²) < 4.78 is 0. The Morgan fingerprint density at radius 1 is 0.423 bits per heavy atom. The number of hydrogen-bond donors (Lipinski definition) is 0. The molecule has 1 atom stereocenters. The monoisotopic (exact) mass is 668 g/mol. The maximum atomic E-state index is 2.45. The second-order valence-corrected chi connectivity index (χ2v) is 13.6. The third-order valence-corrected chi connectivity index (χ3v) is 10.4. The van der Waals surface area contributed by atoms with Crippen LogP contribution in [0.3, 0.4) is 0 Å². The molecule has 0 saturated heterocycles. The van der Waals surface area contributed by atoms with Gasteiger partial charge >= 0.3 is 0 Å². The van der Waals surface area contributed by atoms with Gasteiger partial charge in [-0.25, -0.2) is 0 Å². The summed E-state index contributed by atoms with van der Waals surface area (Å²) in [6.45, 7) is 0. The van der Waals surface area contributed by atoms with E-state index in [0.717, 1.165) is 19.3 Å². The highest BCUT2D eigenvalue weighted by atomic mass is 15.2. The van der Waals surface area contributed by atoms with Crippen molar-refractivity contribution in [2.75, 3.05) is 9.80 Å². The van der Waals surface area contributed by atoms with Crippen LogP contribution in [0.5, 0.6) is 0 Å². The number of para-hydroxylation sites is 2. The van der Waals surface area contributed by atoms with Crippen molar-refractivity contribution in [1.29, 1.82) is 0 Å². The van der Waals surface area contributed by atoms with Gasteiger partial charge in [-0.15, -0.1) is 0 Å². The Labute approximate surface area is 306 Å².